The average Bonchev–Trinajstić information content (AvgIpc) is 2.90. The second-order valence-corrected chi connectivity index (χ2v) is 7.91. The first-order valence-corrected chi connectivity index (χ1v) is 8.79. The number of hydrogen-bond acceptors (Lipinski definition) is 3. The van der Waals surface area contributed by atoms with Gasteiger partial charge in [0, 0.05) is 16.4 Å². The van der Waals surface area contributed by atoms with Crippen LogP contribution in [-0.4, -0.2) is 45.6 Å². The molecule has 0 unspecified atom stereocenters. The van der Waals surface area contributed by atoms with Crippen LogP contribution in [0.25, 0.3) is 10.9 Å². The van der Waals surface area contributed by atoms with E-state index in [0.717, 1.165) is 15.4 Å². The summed E-state index contributed by atoms with van der Waals surface area (Å²) in [4.78, 5) is 13.6. The van der Waals surface area contributed by atoms with E-state index in [2.05, 4.69) is 21.0 Å². The largest absolute Gasteiger partial charge is 0.444 e. The minimum atomic E-state index is -1.19. The fourth-order valence-electron chi connectivity index (χ4n) is 2.96. The Morgan fingerprint density at radius 3 is 2.83 bits per heavy atom. The zero-order valence-corrected chi connectivity index (χ0v) is 15.6. The molecule has 130 valence electrons. The molecule has 2 aromatic rings. The van der Waals surface area contributed by atoms with E-state index in [-0.39, 0.29) is 12.6 Å². The molecule has 7 heteroatoms. The predicted octanol–water partition coefficient (Wildman–Crippen LogP) is 4.32. The minimum absolute atomic E-state index is 0.0228. The lowest BCUT2D eigenvalue weighted by atomic mass is 10.0. The molecule has 0 saturated carbocycles. The number of likely N-dealkylation sites (tertiary alicyclic amines) is 1. The first-order valence-electron chi connectivity index (χ1n) is 8.00. The van der Waals surface area contributed by atoms with E-state index in [1.807, 2.05) is 18.2 Å². The normalized spacial score (nSPS) is 22.0. The van der Waals surface area contributed by atoms with Crippen molar-refractivity contribution in [2.75, 3.05) is 13.1 Å². The van der Waals surface area contributed by atoms with Gasteiger partial charge >= 0.3 is 6.09 Å². The average molecular weight is 398 g/mol. The molecular weight excluding hydrogens is 377 g/mol. The van der Waals surface area contributed by atoms with Crippen LogP contribution in [0.5, 0.6) is 0 Å². The zero-order chi connectivity index (χ0) is 17.5. The first-order chi connectivity index (χ1) is 11.3. The van der Waals surface area contributed by atoms with Crippen molar-refractivity contribution in [3.05, 3.63) is 28.9 Å². The maximum Gasteiger partial charge on any atom is 0.410 e. The molecule has 0 bridgehead atoms. The number of ether oxygens (including phenoxy) is 1. The van der Waals surface area contributed by atoms with E-state index in [1.54, 1.807) is 31.6 Å². The van der Waals surface area contributed by atoms with Gasteiger partial charge in [-0.25, -0.2) is 9.18 Å². The molecule has 1 amide bonds. The highest BCUT2D eigenvalue weighted by molar-refractivity contribution is 9.10. The maximum absolute atomic E-state index is 14.8. The fraction of sp³-hybridized carbons (Fsp3) is 0.529. The highest BCUT2D eigenvalue weighted by Crippen LogP contribution is 2.31. The molecule has 0 radical (unpaired) electrons. The number of rotatable bonds is 1. The number of nitrogens with zero attached hydrogens (tertiary/aromatic N) is 3. The van der Waals surface area contributed by atoms with Crippen LogP contribution in [0.15, 0.2) is 28.9 Å². The van der Waals surface area contributed by atoms with Crippen molar-refractivity contribution < 1.29 is 13.9 Å². The number of fused-ring (bicyclic) bond motifs is 1. The molecular formula is C17H21BrFN3O2. The van der Waals surface area contributed by atoms with Gasteiger partial charge in [0.05, 0.1) is 24.3 Å². The van der Waals surface area contributed by atoms with Crippen LogP contribution in [0.4, 0.5) is 9.18 Å². The topological polar surface area (TPSA) is 47.4 Å². The van der Waals surface area contributed by atoms with Crippen LogP contribution in [0, 0.1) is 0 Å². The Morgan fingerprint density at radius 2 is 2.17 bits per heavy atom. The van der Waals surface area contributed by atoms with Crippen LogP contribution in [-0.2, 0) is 4.74 Å². The second-order valence-electron chi connectivity index (χ2n) is 7.06. The summed E-state index contributed by atoms with van der Waals surface area (Å²) in [7, 11) is 0. The van der Waals surface area contributed by atoms with Crippen molar-refractivity contribution >= 4 is 32.9 Å². The smallest absolute Gasteiger partial charge is 0.410 e. The number of benzene rings is 1. The third-order valence-electron chi connectivity index (χ3n) is 4.06. The number of piperidine rings is 1. The molecule has 0 aliphatic carbocycles. The van der Waals surface area contributed by atoms with Crippen molar-refractivity contribution in [2.24, 2.45) is 0 Å². The van der Waals surface area contributed by atoms with Crippen LogP contribution < -0.4 is 0 Å². The SMILES string of the molecule is CC(C)(C)OC(=O)N1CC[C@H](n2ncc3c(Br)cccc32)[C@@H](F)C1. The lowest BCUT2D eigenvalue weighted by molar-refractivity contribution is 0.00614. The molecule has 24 heavy (non-hydrogen) atoms. The Hall–Kier alpha value is -1.63. The van der Waals surface area contributed by atoms with Crippen molar-refractivity contribution in [2.45, 2.75) is 45.0 Å². The molecule has 1 fully saturated rings. The summed E-state index contributed by atoms with van der Waals surface area (Å²) < 4.78 is 22.8. The Bertz CT molecular complexity index is 756. The fourth-order valence-corrected chi connectivity index (χ4v) is 3.42. The van der Waals surface area contributed by atoms with Gasteiger partial charge < -0.3 is 9.64 Å². The van der Waals surface area contributed by atoms with E-state index in [4.69, 9.17) is 4.74 Å². The van der Waals surface area contributed by atoms with Crippen molar-refractivity contribution in [3.8, 4) is 0 Å². The quantitative estimate of drug-likeness (QED) is 0.719. The Labute approximate surface area is 148 Å². The van der Waals surface area contributed by atoms with Gasteiger partial charge in [-0.15, -0.1) is 0 Å². The van der Waals surface area contributed by atoms with Gasteiger partial charge in [0.15, 0.2) is 0 Å². The van der Waals surface area contributed by atoms with Gasteiger partial charge in [0.25, 0.3) is 0 Å². The molecule has 1 aliphatic rings. The molecule has 0 spiro atoms. The predicted molar refractivity (Wildman–Crippen MR) is 93.8 cm³/mol. The van der Waals surface area contributed by atoms with Gasteiger partial charge in [-0.2, -0.15) is 5.10 Å². The van der Waals surface area contributed by atoms with Crippen molar-refractivity contribution in [1.82, 2.24) is 14.7 Å². The second kappa shape index (κ2) is 6.35. The zero-order valence-electron chi connectivity index (χ0n) is 14.0. The molecule has 2 atom stereocenters. The monoisotopic (exact) mass is 397 g/mol. The molecule has 1 aromatic heterocycles. The van der Waals surface area contributed by atoms with E-state index >= 15 is 0 Å². The highest BCUT2D eigenvalue weighted by Gasteiger charge is 2.35. The number of carbonyl (C=O) groups excluding carboxylic acids is 1. The van der Waals surface area contributed by atoms with E-state index in [9.17, 15) is 9.18 Å². The summed E-state index contributed by atoms with van der Waals surface area (Å²) in [5.74, 6) is 0. The van der Waals surface area contributed by atoms with Crippen LogP contribution >= 0.6 is 15.9 Å². The Kier molecular flexibility index (Phi) is 4.55. The molecule has 3 rings (SSSR count). The third kappa shape index (κ3) is 3.41. The van der Waals surface area contributed by atoms with E-state index < -0.39 is 17.9 Å². The van der Waals surface area contributed by atoms with E-state index in [0.29, 0.717) is 13.0 Å². The molecule has 0 N–H and O–H groups in total. The highest BCUT2D eigenvalue weighted by atomic mass is 79.9. The van der Waals surface area contributed by atoms with Crippen LogP contribution in [0.3, 0.4) is 0 Å². The molecule has 2 heterocycles. The summed E-state index contributed by atoms with van der Waals surface area (Å²) >= 11 is 3.49. The van der Waals surface area contributed by atoms with Crippen molar-refractivity contribution in [1.29, 1.82) is 0 Å². The molecule has 5 nitrogen and oxygen atoms in total. The first kappa shape index (κ1) is 17.2. The summed E-state index contributed by atoms with van der Waals surface area (Å²) in [6.07, 6.45) is 0.598. The van der Waals surface area contributed by atoms with Gasteiger partial charge in [-0.3, -0.25) is 4.68 Å². The molecule has 1 saturated heterocycles. The standard InChI is InChI=1S/C17H21BrFN3O2/c1-17(2,3)24-16(23)21-8-7-15(13(19)10-21)22-14-6-4-5-12(18)11(14)9-20-22/h4-6,9,13,15H,7-8,10H2,1-3H3/t13-,15-/m0/s1. The van der Waals surface area contributed by atoms with Crippen LogP contribution in [0.1, 0.15) is 33.2 Å². The number of hydrogen-bond donors (Lipinski definition) is 0. The third-order valence-corrected chi connectivity index (χ3v) is 4.75. The number of carbonyl (C=O) groups is 1. The summed E-state index contributed by atoms with van der Waals surface area (Å²) in [5, 5.41) is 5.33. The number of aromatic nitrogens is 2. The van der Waals surface area contributed by atoms with Gasteiger partial charge in [0.2, 0.25) is 0 Å². The minimum Gasteiger partial charge on any atom is -0.444 e. The Morgan fingerprint density at radius 1 is 1.42 bits per heavy atom. The van der Waals surface area contributed by atoms with Crippen molar-refractivity contribution in [3.63, 3.8) is 0 Å². The summed E-state index contributed by atoms with van der Waals surface area (Å²) in [5.41, 5.74) is 0.312. The number of halogens is 2. The lowest BCUT2D eigenvalue weighted by Gasteiger charge is -2.35. The molecule has 1 aromatic carbocycles. The van der Waals surface area contributed by atoms with Crippen LogP contribution in [0.2, 0.25) is 0 Å². The number of alkyl halides is 1. The maximum atomic E-state index is 14.8. The van der Waals surface area contributed by atoms with Gasteiger partial charge in [-0.05, 0) is 39.3 Å². The lowest BCUT2D eigenvalue weighted by Crippen LogP contribution is -2.47. The van der Waals surface area contributed by atoms with Gasteiger partial charge in [0.1, 0.15) is 11.8 Å². The van der Waals surface area contributed by atoms with Gasteiger partial charge in [-0.1, -0.05) is 22.0 Å². The van der Waals surface area contributed by atoms with E-state index in [1.165, 1.54) is 4.90 Å². The summed E-state index contributed by atoms with van der Waals surface area (Å²) in [6.45, 7) is 5.89. The summed E-state index contributed by atoms with van der Waals surface area (Å²) in [6, 6.07) is 5.40. The molecule has 1 aliphatic heterocycles. The Balaban J connectivity index is 1.76. The number of amides is 1.